The molecule has 3 aromatic rings. The fraction of sp³-hybridized carbons (Fsp3) is 0.0625. The number of phenols is 1. The molecule has 1 amide bonds. The SMILES string of the molecule is O=C(Cc1nc2ccccc2[nH]1)N/N=C/c1ccccc1O. The van der Waals surface area contributed by atoms with Crippen LogP contribution >= 0.6 is 0 Å². The molecule has 1 aromatic heterocycles. The fourth-order valence-electron chi connectivity index (χ4n) is 2.05. The molecule has 110 valence electrons. The molecular weight excluding hydrogens is 280 g/mol. The van der Waals surface area contributed by atoms with Gasteiger partial charge in [-0.2, -0.15) is 5.10 Å². The first-order valence-electron chi connectivity index (χ1n) is 6.76. The zero-order valence-corrected chi connectivity index (χ0v) is 11.7. The monoisotopic (exact) mass is 294 g/mol. The van der Waals surface area contributed by atoms with Crippen LogP contribution in [0.1, 0.15) is 11.4 Å². The molecule has 0 fully saturated rings. The molecule has 3 N–H and O–H groups in total. The number of nitrogens with zero attached hydrogens (tertiary/aromatic N) is 2. The van der Waals surface area contributed by atoms with Gasteiger partial charge in [-0.05, 0) is 24.3 Å². The minimum atomic E-state index is -0.286. The molecule has 0 unspecified atom stereocenters. The lowest BCUT2D eigenvalue weighted by molar-refractivity contribution is -0.120. The van der Waals surface area contributed by atoms with Gasteiger partial charge in [0.1, 0.15) is 11.6 Å². The van der Waals surface area contributed by atoms with Crippen molar-refractivity contribution in [3.05, 3.63) is 59.9 Å². The van der Waals surface area contributed by atoms with Crippen LogP contribution in [0.5, 0.6) is 5.75 Å². The van der Waals surface area contributed by atoms with Gasteiger partial charge in [-0.15, -0.1) is 0 Å². The zero-order valence-electron chi connectivity index (χ0n) is 11.7. The molecule has 0 aliphatic rings. The lowest BCUT2D eigenvalue weighted by Gasteiger charge is -1.98. The Morgan fingerprint density at radius 1 is 1.23 bits per heavy atom. The lowest BCUT2D eigenvalue weighted by atomic mass is 10.2. The molecule has 1 heterocycles. The molecule has 0 saturated carbocycles. The van der Waals surface area contributed by atoms with E-state index < -0.39 is 0 Å². The van der Waals surface area contributed by atoms with E-state index in [-0.39, 0.29) is 18.1 Å². The first-order chi connectivity index (χ1) is 10.7. The Morgan fingerprint density at radius 3 is 2.82 bits per heavy atom. The van der Waals surface area contributed by atoms with E-state index in [1.165, 1.54) is 6.21 Å². The summed E-state index contributed by atoms with van der Waals surface area (Å²) in [6.45, 7) is 0. The average molecular weight is 294 g/mol. The van der Waals surface area contributed by atoms with Crippen molar-refractivity contribution in [1.29, 1.82) is 0 Å². The second-order valence-corrected chi connectivity index (χ2v) is 4.73. The van der Waals surface area contributed by atoms with E-state index in [0.29, 0.717) is 11.4 Å². The molecule has 6 heteroatoms. The highest BCUT2D eigenvalue weighted by molar-refractivity contribution is 5.85. The number of hydrogen-bond acceptors (Lipinski definition) is 4. The van der Waals surface area contributed by atoms with Crippen molar-refractivity contribution >= 4 is 23.2 Å². The standard InChI is InChI=1S/C16H14N4O2/c21-14-8-4-1-5-11(14)10-17-20-16(22)9-15-18-12-6-2-3-7-13(12)19-15/h1-8,10,21H,9H2,(H,18,19)(H,20,22)/b17-10+. The highest BCUT2D eigenvalue weighted by Crippen LogP contribution is 2.12. The van der Waals surface area contributed by atoms with Gasteiger partial charge in [0.2, 0.25) is 5.91 Å². The number of hydrogen-bond donors (Lipinski definition) is 3. The maximum atomic E-state index is 11.8. The van der Waals surface area contributed by atoms with Gasteiger partial charge in [-0.1, -0.05) is 24.3 Å². The topological polar surface area (TPSA) is 90.4 Å². The number of hydrazone groups is 1. The Hall–Kier alpha value is -3.15. The van der Waals surface area contributed by atoms with Crippen molar-refractivity contribution in [2.75, 3.05) is 0 Å². The van der Waals surface area contributed by atoms with Crippen LogP contribution in [0.25, 0.3) is 11.0 Å². The smallest absolute Gasteiger partial charge is 0.247 e. The highest BCUT2D eigenvalue weighted by atomic mass is 16.3. The lowest BCUT2D eigenvalue weighted by Crippen LogP contribution is -2.20. The normalized spacial score (nSPS) is 11.1. The van der Waals surface area contributed by atoms with Crippen molar-refractivity contribution in [1.82, 2.24) is 15.4 Å². The minimum Gasteiger partial charge on any atom is -0.507 e. The van der Waals surface area contributed by atoms with Gasteiger partial charge in [-0.3, -0.25) is 4.79 Å². The van der Waals surface area contributed by atoms with E-state index in [4.69, 9.17) is 0 Å². The number of aromatic hydroxyl groups is 1. The van der Waals surface area contributed by atoms with Crippen LogP contribution in [0, 0.1) is 0 Å². The summed E-state index contributed by atoms with van der Waals surface area (Å²) in [5.41, 5.74) is 4.66. The van der Waals surface area contributed by atoms with Gasteiger partial charge >= 0.3 is 0 Å². The number of nitrogens with one attached hydrogen (secondary N) is 2. The third kappa shape index (κ3) is 3.12. The molecule has 0 aliphatic carbocycles. The Morgan fingerprint density at radius 2 is 2.00 bits per heavy atom. The molecule has 2 aromatic carbocycles. The number of rotatable bonds is 4. The van der Waals surface area contributed by atoms with Gasteiger partial charge in [0.15, 0.2) is 0 Å². The third-order valence-electron chi connectivity index (χ3n) is 3.10. The molecule has 0 bridgehead atoms. The van der Waals surface area contributed by atoms with Crippen LogP contribution in [0.3, 0.4) is 0 Å². The number of carbonyl (C=O) groups excluding carboxylic acids is 1. The van der Waals surface area contributed by atoms with E-state index >= 15 is 0 Å². The number of para-hydroxylation sites is 3. The van der Waals surface area contributed by atoms with E-state index in [9.17, 15) is 9.90 Å². The van der Waals surface area contributed by atoms with Gasteiger partial charge in [0, 0.05) is 5.56 Å². The highest BCUT2D eigenvalue weighted by Gasteiger charge is 2.07. The van der Waals surface area contributed by atoms with Crippen LogP contribution < -0.4 is 5.43 Å². The molecule has 3 rings (SSSR count). The van der Waals surface area contributed by atoms with E-state index in [1.54, 1.807) is 24.3 Å². The summed E-state index contributed by atoms with van der Waals surface area (Å²) in [6, 6.07) is 14.3. The number of benzene rings is 2. The van der Waals surface area contributed by atoms with E-state index in [1.807, 2.05) is 24.3 Å². The number of carbonyl (C=O) groups is 1. The van der Waals surface area contributed by atoms with Gasteiger partial charge in [0.25, 0.3) is 0 Å². The number of phenolic OH excluding ortho intramolecular Hbond substituents is 1. The van der Waals surface area contributed by atoms with Crippen molar-refractivity contribution < 1.29 is 9.90 Å². The summed E-state index contributed by atoms with van der Waals surface area (Å²) >= 11 is 0. The first-order valence-corrected chi connectivity index (χ1v) is 6.76. The zero-order chi connectivity index (χ0) is 15.4. The number of aromatic amines is 1. The molecule has 0 radical (unpaired) electrons. The van der Waals surface area contributed by atoms with Gasteiger partial charge in [-0.25, -0.2) is 10.4 Å². The van der Waals surface area contributed by atoms with E-state index in [2.05, 4.69) is 20.5 Å². The second kappa shape index (κ2) is 6.09. The predicted octanol–water partition coefficient (Wildman–Crippen LogP) is 1.96. The first kappa shape index (κ1) is 13.8. The number of amides is 1. The van der Waals surface area contributed by atoms with Crippen LogP contribution in [-0.2, 0) is 11.2 Å². The largest absolute Gasteiger partial charge is 0.507 e. The maximum Gasteiger partial charge on any atom is 0.247 e. The molecular formula is C16H14N4O2. The van der Waals surface area contributed by atoms with E-state index in [0.717, 1.165) is 11.0 Å². The van der Waals surface area contributed by atoms with Crippen molar-refractivity contribution in [2.24, 2.45) is 5.10 Å². The summed E-state index contributed by atoms with van der Waals surface area (Å²) in [5.74, 6) is 0.403. The molecule has 0 aliphatic heterocycles. The second-order valence-electron chi connectivity index (χ2n) is 4.73. The number of imidazole rings is 1. The summed E-state index contributed by atoms with van der Waals surface area (Å²) < 4.78 is 0. The molecule has 0 atom stereocenters. The summed E-state index contributed by atoms with van der Waals surface area (Å²) in [4.78, 5) is 19.2. The van der Waals surface area contributed by atoms with Crippen molar-refractivity contribution in [2.45, 2.75) is 6.42 Å². The summed E-state index contributed by atoms with van der Waals surface area (Å²) in [6.07, 6.45) is 1.50. The Kier molecular flexibility index (Phi) is 3.82. The van der Waals surface area contributed by atoms with Crippen molar-refractivity contribution in [3.8, 4) is 5.75 Å². The van der Waals surface area contributed by atoms with Crippen LogP contribution in [0.2, 0.25) is 0 Å². The van der Waals surface area contributed by atoms with Crippen LogP contribution in [0.15, 0.2) is 53.6 Å². The fourth-order valence-corrected chi connectivity index (χ4v) is 2.05. The summed E-state index contributed by atoms with van der Waals surface area (Å²) in [7, 11) is 0. The Labute approximate surface area is 126 Å². The number of aromatic nitrogens is 2. The van der Waals surface area contributed by atoms with Gasteiger partial charge in [0.05, 0.1) is 23.7 Å². The molecule has 0 spiro atoms. The molecule has 22 heavy (non-hydrogen) atoms. The Balaban J connectivity index is 1.62. The number of fused-ring (bicyclic) bond motifs is 1. The minimum absolute atomic E-state index is 0.104. The maximum absolute atomic E-state index is 11.8. The quantitative estimate of drug-likeness (QED) is 0.507. The summed E-state index contributed by atoms with van der Waals surface area (Å²) in [5, 5.41) is 13.4. The number of H-pyrrole nitrogens is 1. The molecule has 0 saturated heterocycles. The van der Waals surface area contributed by atoms with Crippen LogP contribution in [-0.4, -0.2) is 27.2 Å². The predicted molar refractivity (Wildman–Crippen MR) is 83.6 cm³/mol. The van der Waals surface area contributed by atoms with Gasteiger partial charge < -0.3 is 10.1 Å². The third-order valence-corrected chi connectivity index (χ3v) is 3.10. The van der Waals surface area contributed by atoms with Crippen LogP contribution in [0.4, 0.5) is 0 Å². The van der Waals surface area contributed by atoms with Crippen molar-refractivity contribution in [3.63, 3.8) is 0 Å². The average Bonchev–Trinajstić information content (AvgIpc) is 2.91. The molecule has 6 nitrogen and oxygen atoms in total. The Bertz CT molecular complexity index is 806.